The van der Waals surface area contributed by atoms with Crippen molar-refractivity contribution in [2.24, 2.45) is 5.73 Å². The van der Waals surface area contributed by atoms with E-state index in [1.165, 1.54) is 51.4 Å². The van der Waals surface area contributed by atoms with Crippen LogP contribution < -0.4 is 11.1 Å². The fraction of sp³-hybridized carbons (Fsp3) is 0.880. The first-order chi connectivity index (χ1) is 16.8. The van der Waals surface area contributed by atoms with Gasteiger partial charge in [-0.05, 0) is 12.8 Å². The number of nitrogens with two attached hydrogens (primary N) is 1. The maximum absolute atomic E-state index is 11.8. The summed E-state index contributed by atoms with van der Waals surface area (Å²) in [4.78, 5) is 35.3. The molecule has 0 rings (SSSR count). The Morgan fingerprint density at radius 2 is 1.17 bits per heavy atom. The van der Waals surface area contributed by atoms with Crippen LogP contribution in [0.25, 0.3) is 0 Å². The van der Waals surface area contributed by atoms with Crippen molar-refractivity contribution >= 4 is 17.8 Å². The molecule has 0 saturated heterocycles. The minimum Gasteiger partial charge on any atom is -0.480 e. The Balaban J connectivity index is 0. The number of primary amides is 1. The predicted molar refractivity (Wildman–Crippen MR) is 137 cm³/mol. The van der Waals surface area contributed by atoms with Crippen LogP contribution >= 0.6 is 0 Å². The molecule has 0 spiro atoms. The molecule has 10 nitrogen and oxygen atoms in total. The van der Waals surface area contributed by atoms with E-state index in [2.05, 4.69) is 12.2 Å². The number of amides is 2. The Morgan fingerprint density at radius 1 is 0.743 bits per heavy atom. The SMILES string of the molecule is CCCCCCCCCCCCCC(=O)N[C@@H](CCC(N)=O)C(=O)O.OCCN(CCO)CCO. The highest BCUT2D eigenvalue weighted by atomic mass is 16.4. The van der Waals surface area contributed by atoms with Gasteiger partial charge in [-0.15, -0.1) is 0 Å². The van der Waals surface area contributed by atoms with Gasteiger partial charge in [-0.1, -0.05) is 71.1 Å². The van der Waals surface area contributed by atoms with Crippen molar-refractivity contribution in [1.29, 1.82) is 0 Å². The van der Waals surface area contributed by atoms with Gasteiger partial charge in [0.25, 0.3) is 0 Å². The fourth-order valence-corrected chi connectivity index (χ4v) is 3.52. The number of aliphatic carboxylic acids is 1. The summed E-state index contributed by atoms with van der Waals surface area (Å²) in [6.45, 7) is 3.98. The van der Waals surface area contributed by atoms with Gasteiger partial charge in [-0.2, -0.15) is 0 Å². The van der Waals surface area contributed by atoms with Crippen molar-refractivity contribution in [3.8, 4) is 0 Å². The van der Waals surface area contributed by atoms with Gasteiger partial charge in [-0.25, -0.2) is 4.79 Å². The van der Waals surface area contributed by atoms with Gasteiger partial charge >= 0.3 is 5.97 Å². The smallest absolute Gasteiger partial charge is 0.326 e. The number of aliphatic hydroxyl groups is 3. The quantitative estimate of drug-likeness (QED) is 0.114. The summed E-state index contributed by atoms with van der Waals surface area (Å²) in [5, 5.41) is 36.9. The number of unbranched alkanes of at least 4 members (excludes halogenated alkanes) is 10. The summed E-state index contributed by atoms with van der Waals surface area (Å²) in [5.41, 5.74) is 5.01. The van der Waals surface area contributed by atoms with Gasteiger partial charge in [0.2, 0.25) is 11.8 Å². The molecule has 0 saturated carbocycles. The van der Waals surface area contributed by atoms with E-state index in [0.29, 0.717) is 26.1 Å². The monoisotopic (exact) mass is 505 g/mol. The van der Waals surface area contributed by atoms with Gasteiger partial charge < -0.3 is 31.5 Å². The van der Waals surface area contributed by atoms with Crippen LogP contribution in [-0.2, 0) is 14.4 Å². The van der Waals surface area contributed by atoms with E-state index < -0.39 is 17.9 Å². The molecule has 0 bridgehead atoms. The third-order valence-corrected chi connectivity index (χ3v) is 5.57. The molecule has 0 aliphatic heterocycles. The fourth-order valence-electron chi connectivity index (χ4n) is 3.52. The second kappa shape index (κ2) is 26.8. The second-order valence-corrected chi connectivity index (χ2v) is 8.76. The highest BCUT2D eigenvalue weighted by Crippen LogP contribution is 2.12. The lowest BCUT2D eigenvalue weighted by molar-refractivity contribution is -0.142. The van der Waals surface area contributed by atoms with Crippen molar-refractivity contribution in [2.75, 3.05) is 39.5 Å². The molecule has 0 aromatic rings. The van der Waals surface area contributed by atoms with Gasteiger partial charge in [0.05, 0.1) is 19.8 Å². The molecule has 0 aromatic heterocycles. The first-order valence-corrected chi connectivity index (χ1v) is 13.2. The van der Waals surface area contributed by atoms with Crippen LogP contribution in [0.1, 0.15) is 96.8 Å². The number of aliphatic hydroxyl groups excluding tert-OH is 3. The third-order valence-electron chi connectivity index (χ3n) is 5.57. The van der Waals surface area contributed by atoms with E-state index in [4.69, 9.17) is 26.2 Å². The average Bonchev–Trinajstić information content (AvgIpc) is 2.81. The second-order valence-electron chi connectivity index (χ2n) is 8.76. The molecule has 0 aliphatic carbocycles. The zero-order valence-electron chi connectivity index (χ0n) is 21.8. The number of hydrogen-bond donors (Lipinski definition) is 6. The van der Waals surface area contributed by atoms with Crippen molar-refractivity contribution in [3.05, 3.63) is 0 Å². The summed E-state index contributed by atoms with van der Waals surface area (Å²) >= 11 is 0. The summed E-state index contributed by atoms with van der Waals surface area (Å²) in [7, 11) is 0. The van der Waals surface area contributed by atoms with Gasteiger partial charge in [0.15, 0.2) is 0 Å². The van der Waals surface area contributed by atoms with Crippen LogP contribution in [0.4, 0.5) is 0 Å². The Morgan fingerprint density at radius 3 is 1.54 bits per heavy atom. The van der Waals surface area contributed by atoms with Crippen LogP contribution in [0.5, 0.6) is 0 Å². The molecular formula is C25H51N3O7. The molecule has 1 atom stereocenters. The van der Waals surface area contributed by atoms with Gasteiger partial charge in [0.1, 0.15) is 6.04 Å². The number of hydrogen-bond acceptors (Lipinski definition) is 7. The maximum Gasteiger partial charge on any atom is 0.326 e. The molecule has 0 radical (unpaired) electrons. The summed E-state index contributed by atoms with van der Waals surface area (Å²) < 4.78 is 0. The minimum absolute atomic E-state index is 0.0364. The lowest BCUT2D eigenvalue weighted by Gasteiger charge is -2.17. The topological polar surface area (TPSA) is 173 Å². The first kappa shape index (κ1) is 35.4. The van der Waals surface area contributed by atoms with E-state index >= 15 is 0 Å². The molecule has 0 heterocycles. The van der Waals surface area contributed by atoms with Crippen molar-refractivity contribution in [3.63, 3.8) is 0 Å². The van der Waals surface area contributed by atoms with Crippen LogP contribution in [0, 0.1) is 0 Å². The Bertz CT molecular complexity index is 507. The summed E-state index contributed by atoms with van der Waals surface area (Å²) in [6.07, 6.45) is 13.6. The molecule has 10 heteroatoms. The number of nitrogens with one attached hydrogen (secondary N) is 1. The van der Waals surface area contributed by atoms with Crippen molar-refractivity contribution in [2.45, 2.75) is 103 Å². The van der Waals surface area contributed by atoms with E-state index in [1.54, 1.807) is 4.90 Å². The molecule has 208 valence electrons. The van der Waals surface area contributed by atoms with E-state index in [0.717, 1.165) is 19.3 Å². The molecular weight excluding hydrogens is 454 g/mol. The molecule has 0 aromatic carbocycles. The Kier molecular flexibility index (Phi) is 27.2. The van der Waals surface area contributed by atoms with Gasteiger partial charge in [-0.3, -0.25) is 14.5 Å². The predicted octanol–water partition coefficient (Wildman–Crippen LogP) is 1.79. The third kappa shape index (κ3) is 26.7. The van der Waals surface area contributed by atoms with E-state index in [-0.39, 0.29) is 38.6 Å². The van der Waals surface area contributed by atoms with Crippen LogP contribution in [0.15, 0.2) is 0 Å². The normalized spacial score (nSPS) is 11.6. The van der Waals surface area contributed by atoms with Crippen molar-refractivity contribution in [1.82, 2.24) is 10.2 Å². The number of rotatable bonds is 23. The number of carbonyl (C=O) groups excluding carboxylic acids is 2. The summed E-state index contributed by atoms with van der Waals surface area (Å²) in [5.74, 6) is -1.97. The van der Waals surface area contributed by atoms with Crippen molar-refractivity contribution < 1.29 is 34.8 Å². The zero-order chi connectivity index (χ0) is 26.7. The molecule has 0 fully saturated rings. The lowest BCUT2D eigenvalue weighted by atomic mass is 10.0. The first-order valence-electron chi connectivity index (χ1n) is 13.2. The lowest BCUT2D eigenvalue weighted by Crippen LogP contribution is -2.41. The Hall–Kier alpha value is -1.75. The largest absolute Gasteiger partial charge is 0.480 e. The number of carboxylic acid groups (broad SMARTS) is 1. The molecule has 0 aliphatic rings. The van der Waals surface area contributed by atoms with Crippen LogP contribution in [0.2, 0.25) is 0 Å². The minimum atomic E-state index is -1.13. The Labute approximate surface area is 211 Å². The molecule has 0 unspecified atom stereocenters. The standard InChI is InChI=1S/C19H36N2O4.C6H15NO3/c1-2-3-4-5-6-7-8-9-10-11-12-13-18(23)21-16(19(24)25)14-15-17(20)22;8-4-1-7(2-5-9)3-6-10/h16H,2-15H2,1H3,(H2,20,22)(H,21,23)(H,24,25);8-10H,1-6H2/t16-;/m0./s1. The van der Waals surface area contributed by atoms with Crippen LogP contribution in [-0.4, -0.2) is 88.6 Å². The van der Waals surface area contributed by atoms with E-state index in [1.807, 2.05) is 0 Å². The average molecular weight is 506 g/mol. The highest BCUT2D eigenvalue weighted by Gasteiger charge is 2.20. The molecule has 35 heavy (non-hydrogen) atoms. The van der Waals surface area contributed by atoms with Crippen LogP contribution in [0.3, 0.4) is 0 Å². The zero-order valence-corrected chi connectivity index (χ0v) is 21.8. The number of carboxylic acids is 1. The maximum atomic E-state index is 11.8. The number of carbonyl (C=O) groups is 3. The molecule has 2 amide bonds. The van der Waals surface area contributed by atoms with Gasteiger partial charge in [0, 0.05) is 32.5 Å². The van der Waals surface area contributed by atoms with E-state index in [9.17, 15) is 14.4 Å². The molecule has 7 N–H and O–H groups in total. The number of nitrogens with zero attached hydrogens (tertiary/aromatic N) is 1. The summed E-state index contributed by atoms with van der Waals surface area (Å²) in [6, 6.07) is -1.03. The highest BCUT2D eigenvalue weighted by molar-refractivity contribution is 5.84.